The molecule has 1 aromatic rings. The molecule has 0 spiro atoms. The van der Waals surface area contributed by atoms with Gasteiger partial charge in [-0.05, 0) is 18.1 Å². The first-order valence-electron chi connectivity index (χ1n) is 9.43. The number of aromatic nitrogens is 1. The average Bonchev–Trinajstić information content (AvgIpc) is 3.05. The molecule has 2 aliphatic heterocycles. The van der Waals surface area contributed by atoms with Gasteiger partial charge in [-0.15, -0.1) is 0 Å². The van der Waals surface area contributed by atoms with Crippen molar-refractivity contribution in [1.82, 2.24) is 14.8 Å². The van der Waals surface area contributed by atoms with Crippen LogP contribution in [0.5, 0.6) is 0 Å². The minimum absolute atomic E-state index is 0.0367. The van der Waals surface area contributed by atoms with E-state index >= 15 is 0 Å². The highest BCUT2D eigenvalue weighted by Gasteiger charge is 2.45. The maximum atomic E-state index is 11.8. The first-order valence-corrected chi connectivity index (χ1v) is 8.81. The van der Waals surface area contributed by atoms with E-state index in [1.807, 2.05) is 11.8 Å². The lowest BCUT2D eigenvalue weighted by Gasteiger charge is -2.37. The highest BCUT2D eigenvalue weighted by atomic mass is 35.5. The molecule has 1 aromatic heterocycles. The normalized spacial score (nSPS) is 24.9. The molecule has 8 heteroatoms. The summed E-state index contributed by atoms with van der Waals surface area (Å²) < 4.78 is 23.2. The Morgan fingerprint density at radius 1 is 1.52 bits per heavy atom. The third kappa shape index (κ3) is 3.72. The van der Waals surface area contributed by atoms with E-state index < -0.39 is 11.4 Å². The molecule has 2 atom stereocenters. The lowest BCUT2D eigenvalue weighted by molar-refractivity contribution is -0.439. The van der Waals surface area contributed by atoms with Crippen LogP contribution in [0.3, 0.4) is 0 Å². The molecule has 3 heterocycles. The summed E-state index contributed by atoms with van der Waals surface area (Å²) in [6.07, 6.45) is 2.44. The van der Waals surface area contributed by atoms with Gasteiger partial charge >= 0.3 is 0 Å². The van der Waals surface area contributed by atoms with Gasteiger partial charge in [0.1, 0.15) is 11.4 Å². The van der Waals surface area contributed by atoms with Gasteiger partial charge < -0.3 is 14.5 Å². The predicted molar refractivity (Wildman–Crippen MR) is 94.2 cm³/mol. The largest absolute Gasteiger partial charge is 0.358 e. The maximum absolute atomic E-state index is 11.8. The number of fused-ring (bicyclic) bond motifs is 1. The average molecular weight is 371 g/mol. The molecule has 0 radical (unpaired) electrons. The summed E-state index contributed by atoms with van der Waals surface area (Å²) in [7, 11) is 0. The lowest BCUT2D eigenvalue weighted by Crippen LogP contribution is -2.43. The Morgan fingerprint density at radius 3 is 2.96 bits per heavy atom. The zero-order valence-corrected chi connectivity index (χ0v) is 15.1. The summed E-state index contributed by atoms with van der Waals surface area (Å²) in [6, 6.07) is 3.07. The summed E-state index contributed by atoms with van der Waals surface area (Å²) in [4.78, 5) is 18.6. The van der Waals surface area contributed by atoms with E-state index in [1.165, 1.54) is 17.2 Å². The number of nitro groups is 1. The van der Waals surface area contributed by atoms with Crippen LogP contribution in [0.2, 0.25) is 5.15 Å². The van der Waals surface area contributed by atoms with Crippen LogP contribution in [-0.4, -0.2) is 45.6 Å². The molecule has 1 fully saturated rings. The van der Waals surface area contributed by atoms with Crippen LogP contribution in [0.15, 0.2) is 29.8 Å². The fourth-order valence-corrected chi connectivity index (χ4v) is 3.39. The highest BCUT2D eigenvalue weighted by molar-refractivity contribution is 6.29. The molecule has 0 saturated carbocycles. The molecular weight excluding hydrogens is 344 g/mol. The first kappa shape index (κ1) is 15.4. The van der Waals surface area contributed by atoms with Crippen molar-refractivity contribution in [2.75, 3.05) is 19.7 Å². The van der Waals surface area contributed by atoms with Gasteiger partial charge in [-0.1, -0.05) is 31.5 Å². The SMILES string of the molecule is [3H]C([3H])(c1ccc(Cl)nc1)N1CCN2C1=C([N+](=O)[O-])C(C)CC2OCCC. The van der Waals surface area contributed by atoms with Gasteiger partial charge in [-0.25, -0.2) is 4.98 Å². The minimum atomic E-state index is -1.96. The van der Waals surface area contributed by atoms with E-state index in [4.69, 9.17) is 19.1 Å². The molecule has 0 amide bonds. The second-order valence-electron chi connectivity index (χ2n) is 6.25. The first-order chi connectivity index (χ1) is 12.8. The smallest absolute Gasteiger partial charge is 0.289 e. The van der Waals surface area contributed by atoms with E-state index in [0.717, 1.165) is 6.42 Å². The monoisotopic (exact) mass is 370 g/mol. The standard InChI is InChI=1S/C17H23ClN4O3/c1-3-8-25-15-9-12(2)16(22(23)24)17-20(6-7-21(15)17)11-13-4-5-14(18)19-10-13/h4-5,10,12,15H,3,6-9,11H2,1-2H3/i11T2. The van der Waals surface area contributed by atoms with Crippen LogP contribution in [-0.2, 0) is 11.2 Å². The quantitative estimate of drug-likeness (QED) is 0.435. The zero-order chi connectivity index (χ0) is 19.8. The predicted octanol–water partition coefficient (Wildman–Crippen LogP) is 3.09. The van der Waals surface area contributed by atoms with Gasteiger partial charge in [0.05, 0.1) is 13.6 Å². The van der Waals surface area contributed by atoms with Crippen molar-refractivity contribution >= 4 is 11.6 Å². The summed E-state index contributed by atoms with van der Waals surface area (Å²) in [6.45, 7) is 3.18. The van der Waals surface area contributed by atoms with Crippen LogP contribution < -0.4 is 0 Å². The van der Waals surface area contributed by atoms with Crippen LogP contribution in [0.25, 0.3) is 0 Å². The molecule has 0 bridgehead atoms. The fourth-order valence-electron chi connectivity index (χ4n) is 3.28. The number of halogens is 1. The molecule has 25 heavy (non-hydrogen) atoms. The van der Waals surface area contributed by atoms with Gasteiger partial charge in [-0.2, -0.15) is 0 Å². The minimum Gasteiger partial charge on any atom is -0.358 e. The molecule has 1 saturated heterocycles. The number of hydrogen-bond acceptors (Lipinski definition) is 6. The van der Waals surface area contributed by atoms with E-state index in [0.29, 0.717) is 37.5 Å². The Hall–Kier alpha value is -1.86. The van der Waals surface area contributed by atoms with Gasteiger partial charge in [0.2, 0.25) is 0 Å². The van der Waals surface area contributed by atoms with Crippen molar-refractivity contribution in [2.24, 2.45) is 5.92 Å². The Bertz CT molecular complexity index is 744. The molecule has 0 aliphatic carbocycles. The van der Waals surface area contributed by atoms with Crippen molar-refractivity contribution in [2.45, 2.75) is 39.4 Å². The second-order valence-corrected chi connectivity index (χ2v) is 6.64. The second kappa shape index (κ2) is 7.58. The van der Waals surface area contributed by atoms with E-state index in [1.54, 1.807) is 13.0 Å². The van der Waals surface area contributed by atoms with Crippen LogP contribution in [0.4, 0.5) is 0 Å². The van der Waals surface area contributed by atoms with Crippen molar-refractivity contribution in [1.29, 1.82) is 0 Å². The number of allylic oxidation sites excluding steroid dienone is 1. The lowest BCUT2D eigenvalue weighted by atomic mass is 9.98. The van der Waals surface area contributed by atoms with E-state index in [2.05, 4.69) is 4.98 Å². The molecule has 7 nitrogen and oxygen atoms in total. The Balaban J connectivity index is 2.03. The van der Waals surface area contributed by atoms with Crippen LogP contribution >= 0.6 is 11.6 Å². The summed E-state index contributed by atoms with van der Waals surface area (Å²) in [5.41, 5.74) is 0.336. The number of hydrogen-bond donors (Lipinski definition) is 0. The van der Waals surface area contributed by atoms with Gasteiger partial charge in [0.25, 0.3) is 5.70 Å². The van der Waals surface area contributed by atoms with Crippen molar-refractivity contribution in [3.05, 3.63) is 50.7 Å². The summed E-state index contributed by atoms with van der Waals surface area (Å²) in [5, 5.41) is 12.0. The van der Waals surface area contributed by atoms with Gasteiger partial charge in [0, 0.05) is 38.8 Å². The molecule has 3 rings (SSSR count). The Morgan fingerprint density at radius 2 is 2.32 bits per heavy atom. The Labute approximate surface area is 155 Å². The highest BCUT2D eigenvalue weighted by Crippen LogP contribution is 2.37. The molecule has 136 valence electrons. The van der Waals surface area contributed by atoms with Gasteiger partial charge in [-0.3, -0.25) is 10.1 Å². The molecule has 0 N–H and O–H groups in total. The van der Waals surface area contributed by atoms with E-state index in [9.17, 15) is 10.1 Å². The topological polar surface area (TPSA) is 71.7 Å². The molecule has 0 aromatic carbocycles. The van der Waals surface area contributed by atoms with Crippen LogP contribution in [0.1, 0.15) is 35.0 Å². The number of nitrogens with zero attached hydrogens (tertiary/aromatic N) is 4. The number of pyridine rings is 1. The van der Waals surface area contributed by atoms with Crippen molar-refractivity contribution in [3.8, 4) is 0 Å². The Kier molecular flexibility index (Phi) is 4.67. The molecular formula is C17H23ClN4O3. The summed E-state index contributed by atoms with van der Waals surface area (Å²) in [5.74, 6) is -0.0346. The maximum Gasteiger partial charge on any atom is 0.289 e. The van der Waals surface area contributed by atoms with Crippen LogP contribution in [0, 0.1) is 16.0 Å². The van der Waals surface area contributed by atoms with Crippen molar-refractivity contribution in [3.63, 3.8) is 0 Å². The van der Waals surface area contributed by atoms with Crippen molar-refractivity contribution < 1.29 is 12.4 Å². The third-order valence-corrected chi connectivity index (χ3v) is 4.62. The fraction of sp³-hybridized carbons (Fsp3) is 0.588. The van der Waals surface area contributed by atoms with Gasteiger partial charge in [0.15, 0.2) is 5.82 Å². The zero-order valence-electron chi connectivity index (χ0n) is 16.3. The number of rotatable bonds is 6. The molecule has 2 aliphatic rings. The number of ether oxygens (including phenoxy) is 1. The third-order valence-electron chi connectivity index (χ3n) is 4.39. The molecule has 2 unspecified atom stereocenters. The summed E-state index contributed by atoms with van der Waals surface area (Å²) >= 11 is 5.81. The van der Waals surface area contributed by atoms with E-state index in [-0.39, 0.29) is 23.0 Å².